The van der Waals surface area contributed by atoms with Crippen LogP contribution in [0.5, 0.6) is 6.01 Å². The molecule has 0 bridgehead atoms. The van der Waals surface area contributed by atoms with Gasteiger partial charge in [-0.1, -0.05) is 19.3 Å². The van der Waals surface area contributed by atoms with E-state index in [-0.39, 0.29) is 5.91 Å². The third-order valence-corrected chi connectivity index (χ3v) is 5.66. The lowest BCUT2D eigenvalue weighted by Gasteiger charge is -2.32. The first-order valence-corrected chi connectivity index (χ1v) is 10.1. The zero-order chi connectivity index (χ0) is 18.2. The van der Waals surface area contributed by atoms with Gasteiger partial charge in [-0.15, -0.1) is 0 Å². The predicted octanol–water partition coefficient (Wildman–Crippen LogP) is 2.78. The Kier molecular flexibility index (Phi) is 7.23. The van der Waals surface area contributed by atoms with E-state index in [4.69, 9.17) is 4.74 Å². The highest BCUT2D eigenvalue weighted by atomic mass is 16.5. The second kappa shape index (κ2) is 9.86. The number of likely N-dealkylation sites (tertiary alicyclic amines) is 1. The topological polar surface area (TPSA) is 67.3 Å². The summed E-state index contributed by atoms with van der Waals surface area (Å²) in [5.41, 5.74) is 1.10. The Bertz CT molecular complexity index is 557. The molecule has 2 heterocycles. The van der Waals surface area contributed by atoms with Crippen LogP contribution in [0.1, 0.15) is 56.9 Å². The summed E-state index contributed by atoms with van der Waals surface area (Å²) in [5.74, 6) is 1.40. The Morgan fingerprint density at radius 3 is 2.62 bits per heavy atom. The zero-order valence-corrected chi connectivity index (χ0v) is 16.0. The van der Waals surface area contributed by atoms with Crippen LogP contribution in [0.3, 0.4) is 0 Å². The molecule has 1 atom stereocenters. The van der Waals surface area contributed by atoms with Crippen LogP contribution in [0.4, 0.5) is 0 Å². The molecular weight excluding hydrogens is 328 g/mol. The van der Waals surface area contributed by atoms with Crippen LogP contribution in [0.2, 0.25) is 0 Å². The summed E-state index contributed by atoms with van der Waals surface area (Å²) in [6.07, 6.45) is 13.2. The molecule has 0 aromatic carbocycles. The third-order valence-electron chi connectivity index (χ3n) is 5.66. The molecule has 1 aliphatic carbocycles. The highest BCUT2D eigenvalue weighted by molar-refractivity contribution is 5.76. The van der Waals surface area contributed by atoms with E-state index in [0.717, 1.165) is 38.2 Å². The summed E-state index contributed by atoms with van der Waals surface area (Å²) >= 11 is 0. The molecule has 0 radical (unpaired) electrons. The van der Waals surface area contributed by atoms with Crippen molar-refractivity contribution >= 4 is 5.91 Å². The standard InChI is InChI=1S/C20H32N4O2/c1-26-20-22-12-18(13-23-20)15-24-9-5-8-17(14-24)11-21-19(25)10-16-6-3-2-4-7-16/h12-13,16-17H,2-11,14-15H2,1H3,(H,21,25). The van der Waals surface area contributed by atoms with Gasteiger partial charge in [-0.05, 0) is 44.1 Å². The Hall–Kier alpha value is -1.69. The monoisotopic (exact) mass is 360 g/mol. The molecule has 26 heavy (non-hydrogen) atoms. The van der Waals surface area contributed by atoms with Crippen molar-refractivity contribution in [2.45, 2.75) is 57.9 Å². The van der Waals surface area contributed by atoms with Crippen LogP contribution in [-0.2, 0) is 11.3 Å². The van der Waals surface area contributed by atoms with Gasteiger partial charge < -0.3 is 10.1 Å². The Morgan fingerprint density at radius 1 is 1.15 bits per heavy atom. The number of aromatic nitrogens is 2. The quantitative estimate of drug-likeness (QED) is 0.810. The first-order chi connectivity index (χ1) is 12.7. The molecule has 1 aliphatic heterocycles. The molecule has 1 N–H and O–H groups in total. The fraction of sp³-hybridized carbons (Fsp3) is 0.750. The molecule has 0 spiro atoms. The molecule has 1 saturated carbocycles. The fourth-order valence-corrected chi connectivity index (χ4v) is 4.23. The van der Waals surface area contributed by atoms with Gasteiger partial charge in [0.25, 0.3) is 0 Å². The van der Waals surface area contributed by atoms with Crippen molar-refractivity contribution in [2.75, 3.05) is 26.7 Å². The Labute approximate surface area is 156 Å². The molecule has 1 amide bonds. The number of methoxy groups -OCH3 is 1. The van der Waals surface area contributed by atoms with Crippen molar-refractivity contribution in [3.63, 3.8) is 0 Å². The van der Waals surface area contributed by atoms with Gasteiger partial charge >= 0.3 is 6.01 Å². The van der Waals surface area contributed by atoms with Gasteiger partial charge in [0.1, 0.15) is 0 Å². The number of ether oxygens (including phenoxy) is 1. The number of hydrogen-bond donors (Lipinski definition) is 1. The smallest absolute Gasteiger partial charge is 0.316 e. The highest BCUT2D eigenvalue weighted by Gasteiger charge is 2.22. The van der Waals surface area contributed by atoms with Crippen molar-refractivity contribution in [2.24, 2.45) is 11.8 Å². The molecule has 1 saturated heterocycles. The van der Waals surface area contributed by atoms with Gasteiger partial charge in [0.2, 0.25) is 5.91 Å². The van der Waals surface area contributed by atoms with Gasteiger partial charge in [-0.3, -0.25) is 9.69 Å². The molecular formula is C20H32N4O2. The summed E-state index contributed by atoms with van der Waals surface area (Å²) in [6.45, 7) is 3.78. The van der Waals surface area contributed by atoms with Crippen LogP contribution >= 0.6 is 0 Å². The largest absolute Gasteiger partial charge is 0.467 e. The van der Waals surface area contributed by atoms with Crippen LogP contribution in [0.25, 0.3) is 0 Å². The lowest BCUT2D eigenvalue weighted by Crippen LogP contribution is -2.40. The molecule has 1 aromatic heterocycles. The molecule has 1 unspecified atom stereocenters. The number of nitrogens with zero attached hydrogens (tertiary/aromatic N) is 3. The van der Waals surface area contributed by atoms with Gasteiger partial charge in [0.15, 0.2) is 0 Å². The predicted molar refractivity (Wildman–Crippen MR) is 101 cm³/mol. The minimum atomic E-state index is 0.248. The van der Waals surface area contributed by atoms with E-state index in [0.29, 0.717) is 17.8 Å². The molecule has 6 nitrogen and oxygen atoms in total. The number of hydrogen-bond acceptors (Lipinski definition) is 5. The van der Waals surface area contributed by atoms with Crippen molar-refractivity contribution in [3.05, 3.63) is 18.0 Å². The molecule has 2 fully saturated rings. The average Bonchev–Trinajstić information content (AvgIpc) is 2.68. The Morgan fingerprint density at radius 2 is 1.88 bits per heavy atom. The highest BCUT2D eigenvalue weighted by Crippen LogP contribution is 2.26. The zero-order valence-electron chi connectivity index (χ0n) is 16.0. The maximum Gasteiger partial charge on any atom is 0.316 e. The van der Waals surface area contributed by atoms with Crippen LogP contribution < -0.4 is 10.1 Å². The van der Waals surface area contributed by atoms with E-state index < -0.39 is 0 Å². The lowest BCUT2D eigenvalue weighted by atomic mass is 9.87. The number of nitrogens with one attached hydrogen (secondary N) is 1. The third kappa shape index (κ3) is 5.94. The number of carbonyl (C=O) groups is 1. The fourth-order valence-electron chi connectivity index (χ4n) is 4.23. The second-order valence-corrected chi connectivity index (χ2v) is 7.83. The Balaban J connectivity index is 1.39. The number of piperidine rings is 1. The molecule has 2 aliphatic rings. The summed E-state index contributed by atoms with van der Waals surface area (Å²) < 4.78 is 5.01. The first-order valence-electron chi connectivity index (χ1n) is 10.1. The van der Waals surface area contributed by atoms with Crippen molar-refractivity contribution in [1.29, 1.82) is 0 Å². The molecule has 6 heteroatoms. The minimum Gasteiger partial charge on any atom is -0.467 e. The van der Waals surface area contributed by atoms with Gasteiger partial charge in [0, 0.05) is 44.0 Å². The summed E-state index contributed by atoms with van der Waals surface area (Å²) in [4.78, 5) is 23.0. The second-order valence-electron chi connectivity index (χ2n) is 7.83. The van der Waals surface area contributed by atoms with E-state index in [1.807, 2.05) is 12.4 Å². The van der Waals surface area contributed by atoms with Crippen LogP contribution in [-0.4, -0.2) is 47.5 Å². The van der Waals surface area contributed by atoms with Gasteiger partial charge in [0.05, 0.1) is 7.11 Å². The van der Waals surface area contributed by atoms with E-state index in [9.17, 15) is 4.79 Å². The van der Waals surface area contributed by atoms with E-state index in [2.05, 4.69) is 20.2 Å². The maximum absolute atomic E-state index is 12.2. The maximum atomic E-state index is 12.2. The normalized spacial score (nSPS) is 22.1. The van der Waals surface area contributed by atoms with Crippen molar-refractivity contribution < 1.29 is 9.53 Å². The SMILES string of the molecule is COc1ncc(CN2CCCC(CNC(=O)CC3CCCCC3)C2)cn1. The van der Waals surface area contributed by atoms with Crippen LogP contribution in [0, 0.1) is 11.8 Å². The minimum absolute atomic E-state index is 0.248. The number of carbonyl (C=O) groups excluding carboxylic acids is 1. The number of rotatable bonds is 7. The summed E-state index contributed by atoms with van der Waals surface area (Å²) in [7, 11) is 1.58. The van der Waals surface area contributed by atoms with E-state index in [1.165, 1.54) is 44.9 Å². The molecule has 1 aromatic rings. The first kappa shape index (κ1) is 19.1. The molecule has 3 rings (SSSR count). The lowest BCUT2D eigenvalue weighted by molar-refractivity contribution is -0.122. The van der Waals surface area contributed by atoms with Gasteiger partial charge in [-0.2, -0.15) is 0 Å². The van der Waals surface area contributed by atoms with E-state index in [1.54, 1.807) is 7.11 Å². The van der Waals surface area contributed by atoms with Crippen molar-refractivity contribution in [1.82, 2.24) is 20.2 Å². The average molecular weight is 361 g/mol. The summed E-state index contributed by atoms with van der Waals surface area (Å²) in [5, 5.41) is 3.19. The van der Waals surface area contributed by atoms with Crippen LogP contribution in [0.15, 0.2) is 12.4 Å². The molecule has 144 valence electrons. The van der Waals surface area contributed by atoms with Gasteiger partial charge in [-0.25, -0.2) is 9.97 Å². The van der Waals surface area contributed by atoms with Crippen molar-refractivity contribution in [3.8, 4) is 6.01 Å². The number of amides is 1. The van der Waals surface area contributed by atoms with E-state index >= 15 is 0 Å². The summed E-state index contributed by atoms with van der Waals surface area (Å²) in [6, 6.07) is 0.408.